The van der Waals surface area contributed by atoms with Crippen LogP contribution in [-0.2, 0) is 4.79 Å². The van der Waals surface area contributed by atoms with E-state index in [9.17, 15) is 4.79 Å². The van der Waals surface area contributed by atoms with Crippen LogP contribution >= 0.6 is 0 Å². The van der Waals surface area contributed by atoms with Crippen molar-refractivity contribution in [3.05, 3.63) is 11.6 Å². The number of rotatable bonds is 5. The molecule has 1 aliphatic rings. The summed E-state index contributed by atoms with van der Waals surface area (Å²) in [7, 11) is 0. The molecule has 1 rings (SSSR count). The van der Waals surface area contributed by atoms with Crippen molar-refractivity contribution in [3.63, 3.8) is 0 Å². The number of aliphatic hydroxyl groups excluding tert-OH is 1. The van der Waals surface area contributed by atoms with Gasteiger partial charge in [-0.15, -0.1) is 0 Å². The van der Waals surface area contributed by atoms with Crippen molar-refractivity contribution in [3.8, 4) is 0 Å². The zero-order valence-corrected chi connectivity index (χ0v) is 11.1. The molecule has 3 heteroatoms. The van der Waals surface area contributed by atoms with Gasteiger partial charge >= 0.3 is 5.97 Å². The second-order valence-electron chi connectivity index (χ2n) is 5.70. The minimum atomic E-state index is -0.717. The van der Waals surface area contributed by atoms with E-state index in [-0.39, 0.29) is 18.4 Å². The lowest BCUT2D eigenvalue weighted by molar-refractivity contribution is -0.137. The van der Waals surface area contributed by atoms with E-state index in [2.05, 4.69) is 26.8 Å². The summed E-state index contributed by atoms with van der Waals surface area (Å²) in [5.41, 5.74) is 1.42. The van der Waals surface area contributed by atoms with Crippen molar-refractivity contribution >= 4 is 5.97 Å². The summed E-state index contributed by atoms with van der Waals surface area (Å²) in [5, 5.41) is 17.9. The average molecular weight is 240 g/mol. The van der Waals surface area contributed by atoms with Gasteiger partial charge in [0.2, 0.25) is 0 Å². The second kappa shape index (κ2) is 5.67. The lowest BCUT2D eigenvalue weighted by Gasteiger charge is -2.45. The molecular formula is C14H24O3. The summed E-state index contributed by atoms with van der Waals surface area (Å²) in [6.07, 6.45) is 4.94. The Morgan fingerprint density at radius 1 is 1.47 bits per heavy atom. The molecule has 0 saturated carbocycles. The van der Waals surface area contributed by atoms with E-state index in [1.165, 1.54) is 5.57 Å². The fourth-order valence-electron chi connectivity index (χ4n) is 3.16. The Morgan fingerprint density at radius 2 is 2.12 bits per heavy atom. The monoisotopic (exact) mass is 240 g/mol. The van der Waals surface area contributed by atoms with Crippen LogP contribution in [0.4, 0.5) is 0 Å². The Balaban J connectivity index is 2.77. The molecule has 2 atom stereocenters. The summed E-state index contributed by atoms with van der Waals surface area (Å²) in [6, 6.07) is 0. The number of carboxylic acid groups (broad SMARTS) is 1. The third-order valence-electron chi connectivity index (χ3n) is 4.35. The van der Waals surface area contributed by atoms with Gasteiger partial charge in [0.15, 0.2) is 0 Å². The summed E-state index contributed by atoms with van der Waals surface area (Å²) in [4.78, 5) is 10.7. The molecule has 0 fully saturated rings. The van der Waals surface area contributed by atoms with Gasteiger partial charge in [-0.25, -0.2) is 0 Å². The smallest absolute Gasteiger partial charge is 0.303 e. The van der Waals surface area contributed by atoms with Crippen LogP contribution < -0.4 is 0 Å². The van der Waals surface area contributed by atoms with E-state index in [1.807, 2.05) is 0 Å². The molecule has 2 unspecified atom stereocenters. The van der Waals surface area contributed by atoms with Crippen LogP contribution in [0.5, 0.6) is 0 Å². The Morgan fingerprint density at radius 3 is 2.65 bits per heavy atom. The number of allylic oxidation sites excluding steroid dienone is 2. The third-order valence-corrected chi connectivity index (χ3v) is 4.35. The Labute approximate surface area is 104 Å². The molecule has 0 radical (unpaired) electrons. The molecule has 0 spiro atoms. The van der Waals surface area contributed by atoms with E-state index in [1.54, 1.807) is 0 Å². The second-order valence-corrected chi connectivity index (χ2v) is 5.70. The summed E-state index contributed by atoms with van der Waals surface area (Å²) >= 11 is 0. The largest absolute Gasteiger partial charge is 0.481 e. The Hall–Kier alpha value is -0.830. The van der Waals surface area contributed by atoms with Gasteiger partial charge in [-0.1, -0.05) is 25.5 Å². The topological polar surface area (TPSA) is 57.5 Å². The zero-order valence-electron chi connectivity index (χ0n) is 11.1. The van der Waals surface area contributed by atoms with Crippen LogP contribution in [0.15, 0.2) is 11.6 Å². The first-order valence-electron chi connectivity index (χ1n) is 6.39. The summed E-state index contributed by atoms with van der Waals surface area (Å²) in [5.74, 6) is 0.0599. The van der Waals surface area contributed by atoms with Crippen LogP contribution in [0.2, 0.25) is 0 Å². The fraction of sp³-hybridized carbons (Fsp3) is 0.786. The van der Waals surface area contributed by atoms with Gasteiger partial charge in [-0.05, 0) is 43.4 Å². The van der Waals surface area contributed by atoms with Gasteiger partial charge in [0.1, 0.15) is 0 Å². The van der Waals surface area contributed by atoms with Crippen LogP contribution in [0.25, 0.3) is 0 Å². The molecule has 0 bridgehead atoms. The first-order chi connectivity index (χ1) is 7.89. The molecule has 0 heterocycles. The van der Waals surface area contributed by atoms with Crippen LogP contribution in [0.3, 0.4) is 0 Å². The van der Waals surface area contributed by atoms with Crippen LogP contribution in [0.1, 0.15) is 46.5 Å². The highest BCUT2D eigenvalue weighted by atomic mass is 16.4. The van der Waals surface area contributed by atoms with Gasteiger partial charge in [-0.2, -0.15) is 0 Å². The van der Waals surface area contributed by atoms with Crippen molar-refractivity contribution in [1.29, 1.82) is 0 Å². The molecule has 3 nitrogen and oxygen atoms in total. The summed E-state index contributed by atoms with van der Waals surface area (Å²) < 4.78 is 0. The van der Waals surface area contributed by atoms with Crippen molar-refractivity contribution < 1.29 is 15.0 Å². The zero-order chi connectivity index (χ0) is 13.1. The quantitative estimate of drug-likeness (QED) is 0.726. The number of hydrogen-bond donors (Lipinski definition) is 2. The third kappa shape index (κ3) is 3.32. The van der Waals surface area contributed by atoms with Crippen molar-refractivity contribution in [2.75, 3.05) is 6.61 Å². The molecule has 0 aromatic rings. The molecule has 2 N–H and O–H groups in total. The Kier molecular flexibility index (Phi) is 4.75. The van der Waals surface area contributed by atoms with Gasteiger partial charge in [-0.3, -0.25) is 4.79 Å². The lowest BCUT2D eigenvalue weighted by Crippen LogP contribution is -2.37. The summed E-state index contributed by atoms with van der Waals surface area (Å²) in [6.45, 7) is 6.73. The minimum Gasteiger partial charge on any atom is -0.481 e. The van der Waals surface area contributed by atoms with E-state index < -0.39 is 5.97 Å². The maximum atomic E-state index is 10.7. The van der Waals surface area contributed by atoms with E-state index in [0.717, 1.165) is 19.3 Å². The Bertz CT molecular complexity index is 305. The molecule has 0 aliphatic heterocycles. The SMILES string of the molecule is CC1=CCC(CCC(=O)O)C(C)(C)C1CCO. The highest BCUT2D eigenvalue weighted by molar-refractivity contribution is 5.66. The first kappa shape index (κ1) is 14.2. The molecule has 1 aliphatic carbocycles. The molecule has 98 valence electrons. The normalized spacial score (nSPS) is 27.6. The number of carbonyl (C=O) groups is 1. The lowest BCUT2D eigenvalue weighted by atomic mass is 9.60. The minimum absolute atomic E-state index is 0.0804. The molecule has 0 aromatic heterocycles. The van der Waals surface area contributed by atoms with Crippen molar-refractivity contribution in [2.45, 2.75) is 46.5 Å². The fourth-order valence-corrected chi connectivity index (χ4v) is 3.16. The number of carboxylic acids is 1. The standard InChI is InChI=1S/C14H24O3/c1-10-4-5-11(6-7-13(16)17)14(2,3)12(10)8-9-15/h4,11-12,15H,5-9H2,1-3H3,(H,16,17). The van der Waals surface area contributed by atoms with Crippen LogP contribution in [-0.4, -0.2) is 22.8 Å². The maximum Gasteiger partial charge on any atom is 0.303 e. The van der Waals surface area contributed by atoms with E-state index in [0.29, 0.717) is 11.8 Å². The predicted octanol–water partition coefficient (Wildman–Crippen LogP) is 2.84. The van der Waals surface area contributed by atoms with Gasteiger partial charge < -0.3 is 10.2 Å². The molecule has 17 heavy (non-hydrogen) atoms. The molecule has 0 saturated heterocycles. The predicted molar refractivity (Wildman–Crippen MR) is 67.7 cm³/mol. The number of aliphatic carboxylic acids is 1. The molecule has 0 amide bonds. The highest BCUT2D eigenvalue weighted by Crippen LogP contribution is 2.48. The molecule has 0 aromatic carbocycles. The van der Waals surface area contributed by atoms with Crippen molar-refractivity contribution in [1.82, 2.24) is 0 Å². The van der Waals surface area contributed by atoms with E-state index in [4.69, 9.17) is 10.2 Å². The van der Waals surface area contributed by atoms with E-state index >= 15 is 0 Å². The molecular weight excluding hydrogens is 216 g/mol. The van der Waals surface area contributed by atoms with Crippen LogP contribution in [0, 0.1) is 17.3 Å². The first-order valence-corrected chi connectivity index (χ1v) is 6.39. The van der Waals surface area contributed by atoms with Gasteiger partial charge in [0.05, 0.1) is 0 Å². The highest BCUT2D eigenvalue weighted by Gasteiger charge is 2.39. The number of hydrogen-bond acceptors (Lipinski definition) is 2. The van der Waals surface area contributed by atoms with Gasteiger partial charge in [0, 0.05) is 13.0 Å². The van der Waals surface area contributed by atoms with Gasteiger partial charge in [0.25, 0.3) is 0 Å². The average Bonchev–Trinajstić information content (AvgIpc) is 2.22. The maximum absolute atomic E-state index is 10.7. The van der Waals surface area contributed by atoms with Crippen molar-refractivity contribution in [2.24, 2.45) is 17.3 Å². The number of aliphatic hydroxyl groups is 1.